The van der Waals surface area contributed by atoms with Crippen molar-refractivity contribution in [3.63, 3.8) is 0 Å². The summed E-state index contributed by atoms with van der Waals surface area (Å²) in [6.07, 6.45) is 3.52. The number of nitrogens with zero attached hydrogens (tertiary/aromatic N) is 4. The minimum Gasteiger partial charge on any atom is -0.481 e. The molecule has 0 atom stereocenters. The Morgan fingerprint density at radius 3 is 2.44 bits per heavy atom. The predicted molar refractivity (Wildman–Crippen MR) is 103 cm³/mol. The summed E-state index contributed by atoms with van der Waals surface area (Å²) >= 11 is 0. The van der Waals surface area contributed by atoms with E-state index in [0.29, 0.717) is 17.9 Å². The predicted octanol–water partition coefficient (Wildman–Crippen LogP) is 3.92. The van der Waals surface area contributed by atoms with E-state index in [-0.39, 0.29) is 11.9 Å². The molecule has 0 spiro atoms. The zero-order valence-electron chi connectivity index (χ0n) is 16.2. The molecule has 1 heterocycles. The highest BCUT2D eigenvalue weighted by Crippen LogP contribution is 2.32. The minimum atomic E-state index is 0.120. The Morgan fingerprint density at radius 1 is 1.15 bits per heavy atom. The third-order valence-electron chi connectivity index (χ3n) is 4.15. The Balaban J connectivity index is 2.71. The Hall–Kier alpha value is -3.38. The van der Waals surface area contributed by atoms with Crippen molar-refractivity contribution in [2.24, 2.45) is 0 Å². The fourth-order valence-corrected chi connectivity index (χ4v) is 3.02. The van der Waals surface area contributed by atoms with Gasteiger partial charge in [0, 0.05) is 18.1 Å². The standard InChI is InChI=1S/C21H22N4O2/c1-13(2)19-18(24-21(27-5)25-20(19)26-4)11-17-15(7-6-8-22)9-14(3)10-16(17)12-23/h6-7,9-10,13H,11H2,1-5H3. The number of benzene rings is 1. The molecule has 0 aliphatic rings. The van der Waals surface area contributed by atoms with Crippen LogP contribution in [0.2, 0.25) is 0 Å². The first-order chi connectivity index (χ1) is 12.9. The van der Waals surface area contributed by atoms with E-state index in [1.165, 1.54) is 13.2 Å². The van der Waals surface area contributed by atoms with Gasteiger partial charge in [0.2, 0.25) is 5.88 Å². The van der Waals surface area contributed by atoms with Gasteiger partial charge < -0.3 is 9.47 Å². The summed E-state index contributed by atoms with van der Waals surface area (Å²) in [4.78, 5) is 8.81. The zero-order chi connectivity index (χ0) is 20.0. The van der Waals surface area contributed by atoms with Crippen LogP contribution < -0.4 is 9.47 Å². The first-order valence-electron chi connectivity index (χ1n) is 8.53. The third-order valence-corrected chi connectivity index (χ3v) is 4.15. The molecule has 6 heteroatoms. The number of nitriles is 2. The maximum absolute atomic E-state index is 9.63. The van der Waals surface area contributed by atoms with Gasteiger partial charge in [-0.3, -0.25) is 0 Å². The monoisotopic (exact) mass is 362 g/mol. The molecule has 0 fully saturated rings. The van der Waals surface area contributed by atoms with Crippen LogP contribution in [0.15, 0.2) is 18.2 Å². The lowest BCUT2D eigenvalue weighted by Crippen LogP contribution is -2.09. The number of ether oxygens (including phenoxy) is 2. The number of aromatic nitrogens is 2. The van der Waals surface area contributed by atoms with Gasteiger partial charge in [-0.2, -0.15) is 20.5 Å². The quantitative estimate of drug-likeness (QED) is 0.723. The summed E-state index contributed by atoms with van der Waals surface area (Å²) in [5.41, 5.74) is 4.74. The molecular formula is C21H22N4O2. The van der Waals surface area contributed by atoms with Crippen LogP contribution in [-0.4, -0.2) is 24.2 Å². The number of hydrogen-bond acceptors (Lipinski definition) is 6. The molecule has 1 aromatic carbocycles. The molecule has 0 saturated heterocycles. The van der Waals surface area contributed by atoms with Crippen molar-refractivity contribution in [3.8, 4) is 24.0 Å². The van der Waals surface area contributed by atoms with Crippen LogP contribution in [0.3, 0.4) is 0 Å². The molecule has 0 aliphatic carbocycles. The average Bonchev–Trinajstić information content (AvgIpc) is 2.66. The molecule has 27 heavy (non-hydrogen) atoms. The van der Waals surface area contributed by atoms with E-state index in [1.54, 1.807) is 13.2 Å². The first kappa shape index (κ1) is 19.9. The average molecular weight is 362 g/mol. The van der Waals surface area contributed by atoms with Crippen molar-refractivity contribution in [2.45, 2.75) is 33.1 Å². The van der Waals surface area contributed by atoms with Crippen LogP contribution in [0, 0.1) is 29.6 Å². The fraction of sp³-hybridized carbons (Fsp3) is 0.333. The van der Waals surface area contributed by atoms with Crippen LogP contribution in [0.1, 0.15) is 53.3 Å². The van der Waals surface area contributed by atoms with Crippen molar-refractivity contribution in [1.82, 2.24) is 9.97 Å². The van der Waals surface area contributed by atoms with Crippen molar-refractivity contribution in [2.75, 3.05) is 14.2 Å². The van der Waals surface area contributed by atoms with E-state index in [2.05, 4.69) is 16.0 Å². The van der Waals surface area contributed by atoms with Crippen LogP contribution in [-0.2, 0) is 6.42 Å². The lowest BCUT2D eigenvalue weighted by molar-refractivity contribution is 0.345. The molecule has 0 unspecified atom stereocenters. The van der Waals surface area contributed by atoms with Gasteiger partial charge in [-0.25, -0.2) is 0 Å². The summed E-state index contributed by atoms with van der Waals surface area (Å²) in [5, 5.41) is 18.5. The van der Waals surface area contributed by atoms with Crippen molar-refractivity contribution < 1.29 is 9.47 Å². The molecule has 6 nitrogen and oxygen atoms in total. The molecule has 0 bridgehead atoms. The molecular weight excluding hydrogens is 340 g/mol. The Kier molecular flexibility index (Phi) is 6.51. The van der Waals surface area contributed by atoms with E-state index in [4.69, 9.17) is 14.7 Å². The molecule has 138 valence electrons. The van der Waals surface area contributed by atoms with E-state index in [1.807, 2.05) is 39.0 Å². The van der Waals surface area contributed by atoms with E-state index in [0.717, 1.165) is 27.9 Å². The number of rotatable bonds is 6. The molecule has 0 radical (unpaired) electrons. The highest BCUT2D eigenvalue weighted by atomic mass is 16.5. The number of methoxy groups -OCH3 is 2. The topological polar surface area (TPSA) is 91.8 Å². The van der Waals surface area contributed by atoms with Gasteiger partial charge in [0.15, 0.2) is 0 Å². The largest absolute Gasteiger partial charge is 0.481 e. The van der Waals surface area contributed by atoms with Crippen molar-refractivity contribution in [3.05, 3.63) is 51.7 Å². The van der Waals surface area contributed by atoms with Gasteiger partial charge in [0.25, 0.3) is 0 Å². The van der Waals surface area contributed by atoms with Crippen LogP contribution in [0.4, 0.5) is 0 Å². The van der Waals surface area contributed by atoms with E-state index < -0.39 is 0 Å². The molecule has 0 aliphatic heterocycles. The van der Waals surface area contributed by atoms with E-state index >= 15 is 0 Å². The van der Waals surface area contributed by atoms with Crippen molar-refractivity contribution in [1.29, 1.82) is 10.5 Å². The molecule has 0 N–H and O–H groups in total. The van der Waals surface area contributed by atoms with Gasteiger partial charge >= 0.3 is 6.01 Å². The van der Waals surface area contributed by atoms with Gasteiger partial charge in [-0.15, -0.1) is 0 Å². The van der Waals surface area contributed by atoms with Gasteiger partial charge in [0.05, 0.1) is 37.6 Å². The summed E-state index contributed by atoms with van der Waals surface area (Å²) in [6.45, 7) is 5.99. The summed E-state index contributed by atoms with van der Waals surface area (Å²) in [7, 11) is 3.06. The lowest BCUT2D eigenvalue weighted by atomic mass is 9.91. The number of allylic oxidation sites excluding steroid dienone is 1. The van der Waals surface area contributed by atoms with Gasteiger partial charge in [-0.05, 0) is 41.7 Å². The number of aryl methyl sites for hydroxylation is 1. The van der Waals surface area contributed by atoms with Gasteiger partial charge in [-0.1, -0.05) is 19.9 Å². The van der Waals surface area contributed by atoms with E-state index in [9.17, 15) is 5.26 Å². The lowest BCUT2D eigenvalue weighted by Gasteiger charge is -2.18. The molecule has 0 saturated carbocycles. The molecule has 2 aromatic rings. The Bertz CT molecular complexity index is 950. The third kappa shape index (κ3) is 4.43. The van der Waals surface area contributed by atoms with Crippen LogP contribution in [0.5, 0.6) is 11.9 Å². The Morgan fingerprint density at radius 2 is 1.89 bits per heavy atom. The second-order valence-corrected chi connectivity index (χ2v) is 6.37. The van der Waals surface area contributed by atoms with Gasteiger partial charge in [0.1, 0.15) is 0 Å². The molecule has 0 amide bonds. The smallest absolute Gasteiger partial charge is 0.319 e. The molecule has 2 rings (SSSR count). The minimum absolute atomic E-state index is 0.120. The maximum atomic E-state index is 9.63. The summed E-state index contributed by atoms with van der Waals surface area (Å²) in [6, 6.07) is 8.26. The molecule has 1 aromatic heterocycles. The highest BCUT2D eigenvalue weighted by Gasteiger charge is 2.21. The highest BCUT2D eigenvalue weighted by molar-refractivity contribution is 5.62. The van der Waals surface area contributed by atoms with Crippen LogP contribution in [0.25, 0.3) is 6.08 Å². The van der Waals surface area contributed by atoms with Crippen LogP contribution >= 0.6 is 0 Å². The summed E-state index contributed by atoms with van der Waals surface area (Å²) < 4.78 is 10.7. The zero-order valence-corrected chi connectivity index (χ0v) is 16.2. The summed E-state index contributed by atoms with van der Waals surface area (Å²) in [5.74, 6) is 0.585. The Labute approximate surface area is 159 Å². The fourth-order valence-electron chi connectivity index (χ4n) is 3.02. The second-order valence-electron chi connectivity index (χ2n) is 6.37. The maximum Gasteiger partial charge on any atom is 0.319 e. The normalized spacial score (nSPS) is 10.7. The SMILES string of the molecule is COc1nc(Cc2c(C#N)cc(C)cc2C=CC#N)c(C(C)C)c(OC)n1. The van der Waals surface area contributed by atoms with Crippen molar-refractivity contribution >= 4 is 6.08 Å². The second kappa shape index (κ2) is 8.82. The number of hydrogen-bond donors (Lipinski definition) is 0. The first-order valence-corrected chi connectivity index (χ1v) is 8.53.